The summed E-state index contributed by atoms with van der Waals surface area (Å²) in [4.78, 5) is 4.17. The highest BCUT2D eigenvalue weighted by molar-refractivity contribution is 7.89. The van der Waals surface area contributed by atoms with E-state index in [0.29, 0.717) is 17.1 Å². The summed E-state index contributed by atoms with van der Waals surface area (Å²) in [5.41, 5.74) is 0.387. The van der Waals surface area contributed by atoms with Crippen molar-refractivity contribution in [1.82, 2.24) is 10.1 Å². The lowest BCUT2D eigenvalue weighted by atomic mass is 10.2. The van der Waals surface area contributed by atoms with Gasteiger partial charge in [0.2, 0.25) is 10.0 Å². The summed E-state index contributed by atoms with van der Waals surface area (Å²) in [6, 6.07) is 4.21. The molecule has 0 atom stereocenters. The minimum Gasteiger partial charge on any atom is -0.496 e. The number of sulfonamides is 1. The van der Waals surface area contributed by atoms with Crippen LogP contribution in [0.1, 0.15) is 25.6 Å². The zero-order chi connectivity index (χ0) is 14.9. The van der Waals surface area contributed by atoms with Crippen molar-refractivity contribution in [2.45, 2.75) is 24.7 Å². The van der Waals surface area contributed by atoms with Crippen LogP contribution in [-0.4, -0.2) is 25.7 Å². The normalized spacial score (nSPS) is 11.8. The molecule has 0 aliphatic heterocycles. The molecule has 8 heteroatoms. The molecule has 0 radical (unpaired) electrons. The first-order valence-electron chi connectivity index (χ1n) is 5.87. The molecule has 0 aliphatic rings. The third-order valence-corrected chi connectivity index (χ3v) is 3.60. The Labute approximate surface area is 116 Å². The molecule has 0 saturated heterocycles. The quantitative estimate of drug-likeness (QED) is 0.916. The van der Waals surface area contributed by atoms with Gasteiger partial charge in [0.1, 0.15) is 5.75 Å². The number of hydrogen-bond donors (Lipinski definition) is 1. The minimum atomic E-state index is -3.81. The van der Waals surface area contributed by atoms with Crippen LogP contribution in [0.4, 0.5) is 0 Å². The average molecular weight is 297 g/mol. The number of aromatic nitrogens is 2. The molecule has 1 heterocycles. The first-order valence-corrected chi connectivity index (χ1v) is 7.42. The zero-order valence-corrected chi connectivity index (χ0v) is 12.1. The summed E-state index contributed by atoms with van der Waals surface area (Å²) < 4.78 is 33.1. The van der Waals surface area contributed by atoms with Crippen LogP contribution in [0.15, 0.2) is 27.6 Å². The van der Waals surface area contributed by atoms with E-state index < -0.39 is 10.0 Å². The maximum absolute atomic E-state index is 11.4. The lowest BCUT2D eigenvalue weighted by molar-refractivity contribution is 0.401. The fraction of sp³-hybridized carbons (Fsp3) is 0.333. The molecular weight excluding hydrogens is 282 g/mol. The molecule has 2 aromatic rings. The van der Waals surface area contributed by atoms with Crippen LogP contribution >= 0.6 is 0 Å². The molecular formula is C12H15N3O4S. The molecule has 20 heavy (non-hydrogen) atoms. The number of ether oxygens (including phenoxy) is 1. The number of methoxy groups -OCH3 is 1. The van der Waals surface area contributed by atoms with E-state index in [1.807, 2.05) is 13.8 Å². The van der Waals surface area contributed by atoms with Gasteiger partial charge in [-0.05, 0) is 18.2 Å². The Morgan fingerprint density at radius 1 is 1.35 bits per heavy atom. The van der Waals surface area contributed by atoms with Gasteiger partial charge < -0.3 is 9.26 Å². The fourth-order valence-corrected chi connectivity index (χ4v) is 2.15. The van der Waals surface area contributed by atoms with Crippen LogP contribution in [0.3, 0.4) is 0 Å². The van der Waals surface area contributed by atoms with Gasteiger partial charge >= 0.3 is 0 Å². The van der Waals surface area contributed by atoms with Gasteiger partial charge in [-0.15, -0.1) is 0 Å². The van der Waals surface area contributed by atoms with E-state index in [1.54, 1.807) is 0 Å². The van der Waals surface area contributed by atoms with Crippen molar-refractivity contribution < 1.29 is 17.7 Å². The summed E-state index contributed by atoms with van der Waals surface area (Å²) in [6.07, 6.45) is 0. The minimum absolute atomic E-state index is 0.0439. The lowest BCUT2D eigenvalue weighted by Gasteiger charge is -2.06. The van der Waals surface area contributed by atoms with Gasteiger partial charge in [-0.25, -0.2) is 13.6 Å². The summed E-state index contributed by atoms with van der Waals surface area (Å²) in [5.74, 6) is 1.25. The number of primary sulfonamides is 1. The molecule has 2 N–H and O–H groups in total. The van der Waals surface area contributed by atoms with Gasteiger partial charge in [0.05, 0.1) is 17.6 Å². The zero-order valence-electron chi connectivity index (χ0n) is 11.3. The van der Waals surface area contributed by atoms with Crippen LogP contribution in [0.25, 0.3) is 11.5 Å². The van der Waals surface area contributed by atoms with E-state index in [1.165, 1.54) is 25.3 Å². The molecule has 0 saturated carbocycles. The van der Waals surface area contributed by atoms with Gasteiger partial charge in [-0.1, -0.05) is 19.0 Å². The van der Waals surface area contributed by atoms with Gasteiger partial charge in [0.25, 0.3) is 5.89 Å². The van der Waals surface area contributed by atoms with Crippen LogP contribution in [0.5, 0.6) is 5.75 Å². The molecule has 0 aliphatic carbocycles. The second-order valence-corrected chi connectivity index (χ2v) is 6.08. The van der Waals surface area contributed by atoms with Crippen LogP contribution in [0.2, 0.25) is 0 Å². The first kappa shape index (κ1) is 14.5. The molecule has 0 fully saturated rings. The van der Waals surface area contributed by atoms with Crippen molar-refractivity contribution in [3.05, 3.63) is 24.0 Å². The van der Waals surface area contributed by atoms with E-state index in [2.05, 4.69) is 10.1 Å². The summed E-state index contributed by atoms with van der Waals surface area (Å²) in [5, 5.41) is 8.95. The number of benzene rings is 1. The third-order valence-electron chi connectivity index (χ3n) is 2.69. The number of nitrogens with two attached hydrogens (primary N) is 1. The van der Waals surface area contributed by atoms with Crippen LogP contribution in [0, 0.1) is 0 Å². The van der Waals surface area contributed by atoms with Crippen molar-refractivity contribution >= 4 is 10.0 Å². The summed E-state index contributed by atoms with van der Waals surface area (Å²) in [7, 11) is -2.35. The molecule has 0 unspecified atom stereocenters. The number of hydrogen-bond acceptors (Lipinski definition) is 6. The van der Waals surface area contributed by atoms with Gasteiger partial charge in [-0.3, -0.25) is 0 Å². The highest BCUT2D eigenvalue weighted by atomic mass is 32.2. The van der Waals surface area contributed by atoms with Crippen molar-refractivity contribution in [3.8, 4) is 17.2 Å². The van der Waals surface area contributed by atoms with Crippen LogP contribution < -0.4 is 9.88 Å². The third kappa shape index (κ3) is 2.81. The molecule has 7 nitrogen and oxygen atoms in total. The fourth-order valence-electron chi connectivity index (χ4n) is 1.61. The van der Waals surface area contributed by atoms with Crippen molar-refractivity contribution in [2.75, 3.05) is 7.11 Å². The second kappa shape index (κ2) is 5.22. The first-order chi connectivity index (χ1) is 9.32. The predicted molar refractivity (Wildman–Crippen MR) is 71.7 cm³/mol. The predicted octanol–water partition coefficient (Wildman–Crippen LogP) is 1.52. The maximum Gasteiger partial charge on any atom is 0.261 e. The molecule has 0 spiro atoms. The second-order valence-electron chi connectivity index (χ2n) is 4.52. The topological polar surface area (TPSA) is 108 Å². The van der Waals surface area contributed by atoms with E-state index in [4.69, 9.17) is 14.4 Å². The summed E-state index contributed by atoms with van der Waals surface area (Å²) in [6.45, 7) is 3.85. The van der Waals surface area contributed by atoms with Crippen molar-refractivity contribution in [3.63, 3.8) is 0 Å². The Kier molecular flexibility index (Phi) is 3.78. The Morgan fingerprint density at radius 2 is 2.05 bits per heavy atom. The average Bonchev–Trinajstić information content (AvgIpc) is 2.86. The van der Waals surface area contributed by atoms with Crippen molar-refractivity contribution in [2.24, 2.45) is 5.14 Å². The van der Waals surface area contributed by atoms with E-state index in [-0.39, 0.29) is 16.7 Å². The standard InChI is InChI=1S/C12H15N3O4S/c1-7(2)11-14-12(19-15-11)9-6-8(20(13,16)17)4-5-10(9)18-3/h4-7H,1-3H3,(H2,13,16,17). The lowest BCUT2D eigenvalue weighted by Crippen LogP contribution is -2.12. The molecule has 0 bridgehead atoms. The Morgan fingerprint density at radius 3 is 2.55 bits per heavy atom. The van der Waals surface area contributed by atoms with E-state index in [9.17, 15) is 8.42 Å². The van der Waals surface area contributed by atoms with Crippen LogP contribution in [-0.2, 0) is 10.0 Å². The Hall–Kier alpha value is -1.93. The van der Waals surface area contributed by atoms with Gasteiger partial charge in [0.15, 0.2) is 5.82 Å². The number of rotatable bonds is 4. The molecule has 108 valence electrons. The molecule has 1 aromatic heterocycles. The monoisotopic (exact) mass is 297 g/mol. The molecule has 0 amide bonds. The van der Waals surface area contributed by atoms with Crippen molar-refractivity contribution in [1.29, 1.82) is 0 Å². The van der Waals surface area contributed by atoms with Gasteiger partial charge in [-0.2, -0.15) is 4.98 Å². The highest BCUT2D eigenvalue weighted by Gasteiger charge is 2.18. The smallest absolute Gasteiger partial charge is 0.261 e. The molecule has 2 rings (SSSR count). The highest BCUT2D eigenvalue weighted by Crippen LogP contribution is 2.31. The maximum atomic E-state index is 11.4. The largest absolute Gasteiger partial charge is 0.496 e. The van der Waals surface area contributed by atoms with E-state index >= 15 is 0 Å². The Balaban J connectivity index is 2.58. The molecule has 1 aromatic carbocycles. The SMILES string of the molecule is COc1ccc(S(N)(=O)=O)cc1-c1nc(C(C)C)no1. The Bertz CT molecular complexity index is 722. The summed E-state index contributed by atoms with van der Waals surface area (Å²) >= 11 is 0. The van der Waals surface area contributed by atoms with E-state index in [0.717, 1.165) is 0 Å². The van der Waals surface area contributed by atoms with Gasteiger partial charge in [0, 0.05) is 5.92 Å². The number of nitrogens with zero attached hydrogens (tertiary/aromatic N) is 2.